The van der Waals surface area contributed by atoms with Crippen LogP contribution in [0, 0.1) is 23.7 Å². The molecule has 1 N–H and O–H groups in total. The normalized spacial score (nSPS) is 22.2. The van der Waals surface area contributed by atoms with Gasteiger partial charge in [-0.15, -0.1) is 11.3 Å². The number of nitrogens with zero attached hydrogens (tertiary/aromatic N) is 2. The number of hydrogen-bond donors (Lipinski definition) is 1. The number of rotatable bonds is 7. The molecular formula is C22H26Cl2N2O4S. The number of thiazole rings is 1. The second-order valence-electron chi connectivity index (χ2n) is 8.22. The quantitative estimate of drug-likeness (QED) is 0.562. The lowest BCUT2D eigenvalue weighted by molar-refractivity contribution is -0.141. The summed E-state index contributed by atoms with van der Waals surface area (Å²) in [5, 5.41) is 12.8. The van der Waals surface area contributed by atoms with E-state index in [0.29, 0.717) is 46.1 Å². The summed E-state index contributed by atoms with van der Waals surface area (Å²) in [6, 6.07) is 5.13. The van der Waals surface area contributed by atoms with Gasteiger partial charge in [0.05, 0.1) is 17.1 Å². The molecule has 1 aromatic carbocycles. The standard InChI is InChI=1S/C22H26Cl2N2O4S/c1-12-9-30-10-13(2)16(12)6-14(7-20(27)28)21(29)26(3)22-25-19(11-31-22)17-8-15(23)4-5-18(17)24/h4-5,8,11-14,16H,6-7,9-10H2,1-3H3,(H,27,28)/t12-,13+,14-,16?/m1/s1. The summed E-state index contributed by atoms with van der Waals surface area (Å²) in [5.41, 5.74) is 1.30. The van der Waals surface area contributed by atoms with E-state index in [1.807, 2.05) is 5.38 Å². The van der Waals surface area contributed by atoms with Gasteiger partial charge >= 0.3 is 5.97 Å². The van der Waals surface area contributed by atoms with Crippen LogP contribution in [0.2, 0.25) is 10.0 Å². The highest BCUT2D eigenvalue weighted by Gasteiger charge is 2.35. The number of amides is 1. The molecule has 2 aromatic rings. The van der Waals surface area contributed by atoms with Crippen molar-refractivity contribution >= 4 is 51.5 Å². The molecule has 1 aliphatic rings. The van der Waals surface area contributed by atoms with Gasteiger partial charge in [0.2, 0.25) is 5.91 Å². The van der Waals surface area contributed by atoms with Gasteiger partial charge in [-0.3, -0.25) is 14.5 Å². The number of halogens is 2. The van der Waals surface area contributed by atoms with Crippen LogP contribution < -0.4 is 4.90 Å². The van der Waals surface area contributed by atoms with Gasteiger partial charge in [-0.1, -0.05) is 37.0 Å². The first-order valence-electron chi connectivity index (χ1n) is 10.2. The Kier molecular flexibility index (Phi) is 7.97. The van der Waals surface area contributed by atoms with Crippen LogP contribution in [0.1, 0.15) is 26.7 Å². The molecule has 2 heterocycles. The van der Waals surface area contributed by atoms with Gasteiger partial charge in [-0.05, 0) is 42.4 Å². The van der Waals surface area contributed by atoms with E-state index >= 15 is 0 Å². The van der Waals surface area contributed by atoms with Crippen LogP contribution >= 0.6 is 34.5 Å². The molecule has 4 atom stereocenters. The van der Waals surface area contributed by atoms with Gasteiger partial charge in [0, 0.05) is 42.1 Å². The summed E-state index contributed by atoms with van der Waals surface area (Å²) in [4.78, 5) is 30.8. The lowest BCUT2D eigenvalue weighted by atomic mass is 9.75. The van der Waals surface area contributed by atoms with Gasteiger partial charge in [0.1, 0.15) is 0 Å². The number of anilines is 1. The predicted octanol–water partition coefficient (Wildman–Crippen LogP) is 5.48. The molecule has 1 aliphatic heterocycles. The van der Waals surface area contributed by atoms with Crippen LogP contribution in [0.4, 0.5) is 5.13 Å². The van der Waals surface area contributed by atoms with E-state index in [0.717, 1.165) is 0 Å². The topological polar surface area (TPSA) is 79.7 Å². The average molecular weight is 485 g/mol. The summed E-state index contributed by atoms with van der Waals surface area (Å²) in [5.74, 6) is -1.08. The monoisotopic (exact) mass is 484 g/mol. The number of aliphatic carboxylic acids is 1. The maximum Gasteiger partial charge on any atom is 0.304 e. The lowest BCUT2D eigenvalue weighted by Gasteiger charge is -2.36. The number of ether oxygens (including phenoxy) is 1. The van der Waals surface area contributed by atoms with Crippen LogP contribution in [-0.4, -0.2) is 42.2 Å². The molecule has 1 amide bonds. The third kappa shape index (κ3) is 5.77. The second kappa shape index (κ2) is 10.3. The fraction of sp³-hybridized carbons (Fsp3) is 0.500. The Morgan fingerprint density at radius 1 is 1.29 bits per heavy atom. The first-order chi connectivity index (χ1) is 14.7. The summed E-state index contributed by atoms with van der Waals surface area (Å²) in [7, 11) is 1.64. The van der Waals surface area contributed by atoms with Crippen molar-refractivity contribution < 1.29 is 19.4 Å². The van der Waals surface area contributed by atoms with Gasteiger partial charge in [0.15, 0.2) is 5.13 Å². The first-order valence-corrected chi connectivity index (χ1v) is 11.8. The molecular weight excluding hydrogens is 459 g/mol. The van der Waals surface area contributed by atoms with Crippen molar-refractivity contribution in [1.29, 1.82) is 0 Å². The molecule has 6 nitrogen and oxygen atoms in total. The molecule has 1 unspecified atom stereocenters. The number of carbonyl (C=O) groups is 2. The Labute approximate surface area is 196 Å². The molecule has 9 heteroatoms. The Hall–Kier alpha value is -1.67. The van der Waals surface area contributed by atoms with E-state index in [1.54, 1.807) is 25.2 Å². The van der Waals surface area contributed by atoms with Crippen molar-refractivity contribution in [3.8, 4) is 11.3 Å². The maximum absolute atomic E-state index is 13.3. The Bertz CT molecular complexity index is 941. The number of aromatic nitrogens is 1. The SMILES string of the molecule is C[C@@H]1COC[C@H](C)C1C[C@H](CC(=O)O)C(=O)N(C)c1nc(-c2cc(Cl)ccc2Cl)cs1. The van der Waals surface area contributed by atoms with Crippen molar-refractivity contribution in [1.82, 2.24) is 4.98 Å². The van der Waals surface area contributed by atoms with E-state index in [2.05, 4.69) is 18.8 Å². The van der Waals surface area contributed by atoms with Gasteiger partial charge in [-0.25, -0.2) is 4.98 Å². The molecule has 0 aliphatic carbocycles. The van der Waals surface area contributed by atoms with Crippen LogP contribution in [0.15, 0.2) is 23.6 Å². The van der Waals surface area contributed by atoms with Gasteiger partial charge in [0.25, 0.3) is 0 Å². The molecule has 1 fully saturated rings. The maximum atomic E-state index is 13.3. The molecule has 3 rings (SSSR count). The number of carboxylic acid groups (broad SMARTS) is 1. The zero-order valence-electron chi connectivity index (χ0n) is 17.7. The minimum atomic E-state index is -0.982. The summed E-state index contributed by atoms with van der Waals surface area (Å²) in [6.45, 7) is 5.45. The van der Waals surface area contributed by atoms with Gasteiger partial charge in [-0.2, -0.15) is 0 Å². The average Bonchev–Trinajstić information content (AvgIpc) is 3.20. The largest absolute Gasteiger partial charge is 0.481 e. The fourth-order valence-corrected chi connectivity index (χ4v) is 5.31. The van der Waals surface area contributed by atoms with Crippen LogP contribution in [0.25, 0.3) is 11.3 Å². The Morgan fingerprint density at radius 3 is 2.61 bits per heavy atom. The van der Waals surface area contributed by atoms with Crippen molar-refractivity contribution in [3.63, 3.8) is 0 Å². The lowest BCUT2D eigenvalue weighted by Crippen LogP contribution is -2.39. The highest BCUT2D eigenvalue weighted by Crippen LogP contribution is 2.36. The fourth-order valence-electron chi connectivity index (χ4n) is 4.13. The summed E-state index contributed by atoms with van der Waals surface area (Å²) >= 11 is 13.7. The highest BCUT2D eigenvalue weighted by atomic mass is 35.5. The molecule has 1 saturated heterocycles. The zero-order valence-corrected chi connectivity index (χ0v) is 20.0. The summed E-state index contributed by atoms with van der Waals surface area (Å²) in [6.07, 6.45) is 0.303. The Morgan fingerprint density at radius 2 is 1.97 bits per heavy atom. The van der Waals surface area contributed by atoms with Crippen LogP contribution in [0.3, 0.4) is 0 Å². The third-order valence-corrected chi connectivity index (χ3v) is 7.35. The summed E-state index contributed by atoms with van der Waals surface area (Å²) < 4.78 is 5.59. The zero-order chi connectivity index (χ0) is 22.7. The van der Waals surface area contributed by atoms with Crippen LogP contribution in [-0.2, 0) is 14.3 Å². The van der Waals surface area contributed by atoms with E-state index in [9.17, 15) is 14.7 Å². The number of carbonyl (C=O) groups excluding carboxylic acids is 1. The predicted molar refractivity (Wildman–Crippen MR) is 124 cm³/mol. The van der Waals surface area contributed by atoms with E-state index < -0.39 is 11.9 Å². The molecule has 0 spiro atoms. The van der Waals surface area contributed by atoms with Crippen molar-refractivity contribution in [2.75, 3.05) is 25.2 Å². The van der Waals surface area contributed by atoms with Crippen molar-refractivity contribution in [2.45, 2.75) is 26.7 Å². The molecule has 31 heavy (non-hydrogen) atoms. The van der Waals surface area contributed by atoms with Crippen LogP contribution in [0.5, 0.6) is 0 Å². The first kappa shape index (κ1) is 24.0. The number of hydrogen-bond acceptors (Lipinski definition) is 5. The molecule has 0 saturated carbocycles. The Balaban J connectivity index is 1.80. The minimum absolute atomic E-state index is 0.210. The van der Waals surface area contributed by atoms with Crippen molar-refractivity contribution in [3.05, 3.63) is 33.6 Å². The molecule has 0 bridgehead atoms. The number of benzene rings is 1. The van der Waals surface area contributed by atoms with E-state index in [4.69, 9.17) is 27.9 Å². The molecule has 168 valence electrons. The smallest absolute Gasteiger partial charge is 0.304 e. The second-order valence-corrected chi connectivity index (χ2v) is 9.90. The van der Waals surface area contributed by atoms with Gasteiger partial charge < -0.3 is 9.84 Å². The third-order valence-electron chi connectivity index (χ3n) is 5.86. The van der Waals surface area contributed by atoms with E-state index in [1.165, 1.54) is 16.2 Å². The van der Waals surface area contributed by atoms with Crippen molar-refractivity contribution in [2.24, 2.45) is 23.7 Å². The highest BCUT2D eigenvalue weighted by molar-refractivity contribution is 7.14. The molecule has 0 radical (unpaired) electrons. The minimum Gasteiger partial charge on any atom is -0.481 e. The molecule has 1 aromatic heterocycles. The number of carboxylic acids is 1. The van der Waals surface area contributed by atoms with E-state index in [-0.39, 0.29) is 30.1 Å².